The van der Waals surface area contributed by atoms with Crippen LogP contribution in [0.25, 0.3) is 5.82 Å². The normalized spacial score (nSPS) is 10.4. The molecule has 0 unspecified atom stereocenters. The van der Waals surface area contributed by atoms with Gasteiger partial charge in [0.2, 0.25) is 0 Å². The molecule has 0 amide bonds. The minimum atomic E-state index is -0.566. The maximum absolute atomic E-state index is 12.1. The Hall–Kier alpha value is -3.22. The molecule has 0 aliphatic heterocycles. The third-order valence-corrected chi connectivity index (χ3v) is 3.04. The Bertz CT molecular complexity index is 840. The zero-order valence-electron chi connectivity index (χ0n) is 11.6. The van der Waals surface area contributed by atoms with E-state index in [1.165, 1.54) is 24.7 Å². The van der Waals surface area contributed by atoms with Crippen molar-refractivity contribution < 1.29 is 0 Å². The zero-order valence-corrected chi connectivity index (χ0v) is 11.6. The molecule has 0 saturated carbocycles. The van der Waals surface area contributed by atoms with Crippen molar-refractivity contribution in [3.63, 3.8) is 0 Å². The molecule has 2 heterocycles. The minimum absolute atomic E-state index is 0.184. The third kappa shape index (κ3) is 2.93. The van der Waals surface area contributed by atoms with Gasteiger partial charge in [0.05, 0.1) is 6.20 Å². The van der Waals surface area contributed by atoms with Gasteiger partial charge in [-0.3, -0.25) is 14.8 Å². The van der Waals surface area contributed by atoms with Gasteiger partial charge < -0.3 is 5.32 Å². The van der Waals surface area contributed by atoms with Crippen molar-refractivity contribution in [1.82, 2.24) is 19.5 Å². The molecule has 7 heteroatoms. The molecule has 0 atom stereocenters. The maximum atomic E-state index is 12.1. The molecule has 0 spiro atoms. The molecule has 2 N–H and O–H groups in total. The van der Waals surface area contributed by atoms with E-state index in [0.717, 1.165) is 10.1 Å². The van der Waals surface area contributed by atoms with Gasteiger partial charge in [0.25, 0.3) is 5.56 Å². The highest BCUT2D eigenvalue weighted by molar-refractivity contribution is 5.35. The Kier molecular flexibility index (Phi) is 3.78. The number of hydrogen-bond donors (Lipinski definition) is 2. The van der Waals surface area contributed by atoms with E-state index >= 15 is 0 Å². The van der Waals surface area contributed by atoms with Gasteiger partial charge in [-0.25, -0.2) is 14.3 Å². The summed E-state index contributed by atoms with van der Waals surface area (Å²) in [5.41, 5.74) is 0.00447. The molecule has 0 radical (unpaired) electrons. The van der Waals surface area contributed by atoms with E-state index in [1.54, 1.807) is 0 Å². The van der Waals surface area contributed by atoms with Crippen LogP contribution in [0.4, 0.5) is 5.82 Å². The summed E-state index contributed by atoms with van der Waals surface area (Å²) in [6.07, 6.45) is 4.25. The highest BCUT2D eigenvalue weighted by Crippen LogP contribution is 2.03. The number of nitrogens with zero attached hydrogens (tertiary/aromatic N) is 3. The Labute approximate surface area is 125 Å². The fourth-order valence-corrected chi connectivity index (χ4v) is 2.01. The predicted octanol–water partition coefficient (Wildman–Crippen LogP) is 0.928. The fraction of sp³-hybridized carbons (Fsp3) is 0.0667. The maximum Gasteiger partial charge on any atom is 0.335 e. The summed E-state index contributed by atoms with van der Waals surface area (Å²) in [4.78, 5) is 34.6. The molecular weight excluding hydrogens is 282 g/mol. The van der Waals surface area contributed by atoms with Crippen molar-refractivity contribution >= 4 is 5.82 Å². The molecule has 0 aliphatic carbocycles. The van der Waals surface area contributed by atoms with Crippen LogP contribution in [0.5, 0.6) is 0 Å². The van der Waals surface area contributed by atoms with Crippen LogP contribution in [0.15, 0.2) is 64.6 Å². The summed E-state index contributed by atoms with van der Waals surface area (Å²) in [5.74, 6) is 0.544. The van der Waals surface area contributed by atoms with Gasteiger partial charge >= 0.3 is 5.69 Å². The summed E-state index contributed by atoms with van der Waals surface area (Å²) in [6.45, 7) is 0.505. The lowest BCUT2D eigenvalue weighted by atomic mass is 10.2. The van der Waals surface area contributed by atoms with Crippen LogP contribution in [-0.2, 0) is 6.54 Å². The predicted molar refractivity (Wildman–Crippen MR) is 82.0 cm³/mol. The second-order valence-electron chi connectivity index (χ2n) is 4.56. The summed E-state index contributed by atoms with van der Waals surface area (Å²) in [7, 11) is 0. The Morgan fingerprint density at radius 1 is 1.14 bits per heavy atom. The van der Waals surface area contributed by atoms with Crippen LogP contribution in [0, 0.1) is 0 Å². The highest BCUT2D eigenvalue weighted by atomic mass is 16.2. The molecule has 7 nitrogen and oxygen atoms in total. The molecule has 2 aromatic heterocycles. The average Bonchev–Trinajstić information content (AvgIpc) is 2.54. The first kappa shape index (κ1) is 13.7. The van der Waals surface area contributed by atoms with Gasteiger partial charge in [0.1, 0.15) is 5.82 Å². The first-order chi connectivity index (χ1) is 10.7. The van der Waals surface area contributed by atoms with Gasteiger partial charge in [-0.05, 0) is 5.56 Å². The lowest BCUT2D eigenvalue weighted by Crippen LogP contribution is -2.34. The van der Waals surface area contributed by atoms with E-state index < -0.39 is 11.2 Å². The van der Waals surface area contributed by atoms with Crippen molar-refractivity contribution in [3.05, 3.63) is 81.4 Å². The zero-order chi connectivity index (χ0) is 15.4. The van der Waals surface area contributed by atoms with E-state index in [-0.39, 0.29) is 5.82 Å². The number of aromatic amines is 1. The van der Waals surface area contributed by atoms with Crippen LogP contribution in [0.3, 0.4) is 0 Å². The second-order valence-corrected chi connectivity index (χ2v) is 4.56. The topological polar surface area (TPSA) is 92.7 Å². The number of benzene rings is 1. The van der Waals surface area contributed by atoms with E-state index in [0.29, 0.717) is 12.4 Å². The van der Waals surface area contributed by atoms with E-state index in [4.69, 9.17) is 0 Å². The quantitative estimate of drug-likeness (QED) is 0.747. The smallest absolute Gasteiger partial charge is 0.335 e. The van der Waals surface area contributed by atoms with Gasteiger partial charge in [0, 0.05) is 25.0 Å². The van der Waals surface area contributed by atoms with E-state index in [1.807, 2.05) is 30.3 Å². The molecule has 0 saturated heterocycles. The lowest BCUT2D eigenvalue weighted by molar-refractivity contribution is 0.837. The second kappa shape index (κ2) is 6.04. The molecule has 110 valence electrons. The first-order valence-corrected chi connectivity index (χ1v) is 6.64. The number of H-pyrrole nitrogens is 1. The van der Waals surface area contributed by atoms with Gasteiger partial charge in [-0.15, -0.1) is 0 Å². The van der Waals surface area contributed by atoms with Crippen molar-refractivity contribution in [1.29, 1.82) is 0 Å². The summed E-state index contributed by atoms with van der Waals surface area (Å²) >= 11 is 0. The molecular formula is C15H13N5O2. The molecule has 0 aliphatic rings. The number of hydrogen-bond acceptors (Lipinski definition) is 5. The highest BCUT2D eigenvalue weighted by Gasteiger charge is 2.07. The molecule has 0 bridgehead atoms. The number of nitrogens with one attached hydrogen (secondary N) is 2. The number of anilines is 1. The lowest BCUT2D eigenvalue weighted by Gasteiger charge is -2.08. The van der Waals surface area contributed by atoms with Crippen LogP contribution < -0.4 is 16.6 Å². The van der Waals surface area contributed by atoms with Crippen LogP contribution in [0.2, 0.25) is 0 Å². The Morgan fingerprint density at radius 3 is 2.64 bits per heavy atom. The molecule has 3 rings (SSSR count). The SMILES string of the molecule is O=c1cc(NCc2ccccc2)[nH]c(=O)n1-c1cnccn1. The summed E-state index contributed by atoms with van der Waals surface area (Å²) < 4.78 is 0.931. The average molecular weight is 295 g/mol. The van der Waals surface area contributed by atoms with Gasteiger partial charge in [-0.2, -0.15) is 0 Å². The van der Waals surface area contributed by atoms with Crippen molar-refractivity contribution in [2.24, 2.45) is 0 Å². The van der Waals surface area contributed by atoms with Crippen LogP contribution >= 0.6 is 0 Å². The Balaban J connectivity index is 1.87. The molecule has 22 heavy (non-hydrogen) atoms. The fourth-order valence-electron chi connectivity index (χ4n) is 2.01. The van der Waals surface area contributed by atoms with Gasteiger partial charge in [0.15, 0.2) is 5.82 Å². The third-order valence-electron chi connectivity index (χ3n) is 3.04. The van der Waals surface area contributed by atoms with E-state index in [9.17, 15) is 9.59 Å². The van der Waals surface area contributed by atoms with E-state index in [2.05, 4.69) is 20.3 Å². The molecule has 1 aromatic carbocycles. The monoisotopic (exact) mass is 295 g/mol. The van der Waals surface area contributed by atoms with Crippen LogP contribution in [-0.4, -0.2) is 19.5 Å². The summed E-state index contributed by atoms with van der Waals surface area (Å²) in [6, 6.07) is 11.0. The van der Waals surface area contributed by atoms with Crippen molar-refractivity contribution in [2.45, 2.75) is 6.54 Å². The standard InChI is InChI=1S/C15H13N5O2/c21-14-8-12(18-9-11-4-2-1-3-5-11)19-15(22)20(14)13-10-16-6-7-17-13/h1-8,10,18H,9H2,(H,19,22). The Morgan fingerprint density at radius 2 is 1.95 bits per heavy atom. The molecule has 3 aromatic rings. The number of aromatic nitrogens is 4. The molecule has 0 fully saturated rings. The minimum Gasteiger partial charge on any atom is -0.367 e. The largest absolute Gasteiger partial charge is 0.367 e. The van der Waals surface area contributed by atoms with Gasteiger partial charge in [-0.1, -0.05) is 30.3 Å². The first-order valence-electron chi connectivity index (χ1n) is 6.64. The van der Waals surface area contributed by atoms with Crippen molar-refractivity contribution in [3.8, 4) is 5.82 Å². The number of rotatable bonds is 4. The van der Waals surface area contributed by atoms with Crippen LogP contribution in [0.1, 0.15) is 5.56 Å². The van der Waals surface area contributed by atoms with Crippen molar-refractivity contribution in [2.75, 3.05) is 5.32 Å². The summed E-state index contributed by atoms with van der Waals surface area (Å²) in [5, 5.41) is 3.02.